The van der Waals surface area contributed by atoms with E-state index in [1.165, 1.54) is 0 Å². The van der Waals surface area contributed by atoms with Crippen molar-refractivity contribution in [3.63, 3.8) is 0 Å². The number of nitrogens with one attached hydrogen (secondary N) is 4. The number of nitrogens with zero attached hydrogens (tertiary/aromatic N) is 2. The lowest BCUT2D eigenvalue weighted by Gasteiger charge is -2.38. The molecule has 0 bridgehead atoms. The monoisotopic (exact) mass is 457 g/mol. The van der Waals surface area contributed by atoms with Crippen molar-refractivity contribution in [3.05, 3.63) is 0 Å². The molecule has 0 amide bonds. The molecule has 0 aromatic carbocycles. The van der Waals surface area contributed by atoms with Crippen LogP contribution < -0.4 is 27.0 Å². The van der Waals surface area contributed by atoms with Gasteiger partial charge in [0.05, 0.1) is 31.1 Å². The fourth-order valence-electron chi connectivity index (χ4n) is 5.54. The number of likely N-dealkylation sites (N-methyl/N-ethyl adjacent to an activating group) is 1. The van der Waals surface area contributed by atoms with Gasteiger partial charge in [0.15, 0.2) is 0 Å². The van der Waals surface area contributed by atoms with Crippen LogP contribution in [0.5, 0.6) is 0 Å². The van der Waals surface area contributed by atoms with Crippen molar-refractivity contribution < 1.29 is 20.1 Å². The summed E-state index contributed by atoms with van der Waals surface area (Å²) in [5, 5.41) is 44.3. The molecule has 4 fully saturated rings. The molecule has 11 nitrogen and oxygen atoms in total. The van der Waals surface area contributed by atoms with Gasteiger partial charge in [-0.2, -0.15) is 0 Å². The van der Waals surface area contributed by atoms with E-state index in [2.05, 4.69) is 26.2 Å². The summed E-state index contributed by atoms with van der Waals surface area (Å²) >= 11 is 0. The van der Waals surface area contributed by atoms with Crippen molar-refractivity contribution in [1.82, 2.24) is 31.1 Å². The zero-order valence-electron chi connectivity index (χ0n) is 19.2. The van der Waals surface area contributed by atoms with Gasteiger partial charge in [0.2, 0.25) is 0 Å². The van der Waals surface area contributed by atoms with Crippen LogP contribution in [-0.4, -0.2) is 121 Å². The van der Waals surface area contributed by atoms with E-state index in [1.807, 2.05) is 11.9 Å². The lowest BCUT2D eigenvalue weighted by Crippen LogP contribution is -2.68. The average Bonchev–Trinajstić information content (AvgIpc) is 3.32. The Bertz CT molecular complexity index is 582. The standard InChI is InChI=1S/C21H43N7O4/c1-27(9-8-23-7-6-13-2-4-14(29)5-3-13)10-15-17(30)18(31)21(32-15)28-12-26-16-19(22)24-11-25-20(16)28/h13-21,23-26,29-31H,2-12,22H2,1H3/t13?,14?,15-,16?,17-,18-,19?,20?,21-/m1/s1. The minimum atomic E-state index is -0.964. The fourth-order valence-corrected chi connectivity index (χ4v) is 5.54. The van der Waals surface area contributed by atoms with Gasteiger partial charge in [-0.05, 0) is 51.6 Å². The Morgan fingerprint density at radius 1 is 1.06 bits per heavy atom. The molecule has 3 aliphatic heterocycles. The van der Waals surface area contributed by atoms with Gasteiger partial charge < -0.3 is 36.0 Å². The van der Waals surface area contributed by atoms with Crippen LogP contribution in [0.1, 0.15) is 32.1 Å². The van der Waals surface area contributed by atoms with Gasteiger partial charge >= 0.3 is 0 Å². The minimum Gasteiger partial charge on any atom is -0.393 e. The van der Waals surface area contributed by atoms with Crippen molar-refractivity contribution in [2.75, 3.05) is 46.6 Å². The van der Waals surface area contributed by atoms with Crippen molar-refractivity contribution in [1.29, 1.82) is 0 Å². The van der Waals surface area contributed by atoms with Gasteiger partial charge in [-0.15, -0.1) is 0 Å². The third kappa shape index (κ3) is 5.78. The van der Waals surface area contributed by atoms with Crippen molar-refractivity contribution in [3.8, 4) is 0 Å². The average molecular weight is 458 g/mol. The molecule has 0 spiro atoms. The first-order valence-electron chi connectivity index (χ1n) is 12.2. The maximum Gasteiger partial charge on any atom is 0.142 e. The SMILES string of the molecule is CN(CCNCCC1CCC(O)CC1)C[C@H]1O[C@@H](N2CNC3C(N)NCNC32)[C@H](O)[C@@H]1O. The second-order valence-electron chi connectivity index (χ2n) is 9.98. The summed E-state index contributed by atoms with van der Waals surface area (Å²) in [6.07, 6.45) is 2.10. The van der Waals surface area contributed by atoms with E-state index in [1.54, 1.807) is 0 Å². The molecule has 0 aromatic rings. The Kier molecular flexibility index (Phi) is 8.73. The summed E-state index contributed by atoms with van der Waals surface area (Å²) in [4.78, 5) is 4.15. The van der Waals surface area contributed by atoms with Crippen LogP contribution in [0.15, 0.2) is 0 Å². The van der Waals surface area contributed by atoms with E-state index in [4.69, 9.17) is 10.5 Å². The van der Waals surface area contributed by atoms with Crippen LogP contribution in [0.4, 0.5) is 0 Å². The van der Waals surface area contributed by atoms with Crippen molar-refractivity contribution in [2.45, 2.75) is 81.1 Å². The van der Waals surface area contributed by atoms with Gasteiger partial charge in [0.25, 0.3) is 0 Å². The van der Waals surface area contributed by atoms with Crippen LogP contribution in [-0.2, 0) is 4.74 Å². The topological polar surface area (TPSA) is 151 Å². The highest BCUT2D eigenvalue weighted by atomic mass is 16.6. The Hall–Kier alpha value is -0.440. The number of aliphatic hydroxyl groups excluding tert-OH is 3. The molecule has 7 atom stereocenters. The van der Waals surface area contributed by atoms with Crippen LogP contribution in [0, 0.1) is 5.92 Å². The molecule has 11 heteroatoms. The van der Waals surface area contributed by atoms with Gasteiger partial charge in [0.1, 0.15) is 24.5 Å². The summed E-state index contributed by atoms with van der Waals surface area (Å²) in [5.74, 6) is 0.729. The molecule has 3 saturated heterocycles. The van der Waals surface area contributed by atoms with Crippen LogP contribution >= 0.6 is 0 Å². The minimum absolute atomic E-state index is 0.0168. The van der Waals surface area contributed by atoms with Crippen LogP contribution in [0.3, 0.4) is 0 Å². The molecule has 186 valence electrons. The van der Waals surface area contributed by atoms with E-state index < -0.39 is 24.5 Å². The molecular formula is C21H43N7O4. The predicted octanol–water partition coefficient (Wildman–Crippen LogP) is -3.11. The summed E-state index contributed by atoms with van der Waals surface area (Å²) in [6.45, 7) is 4.39. The second kappa shape index (κ2) is 11.3. The van der Waals surface area contributed by atoms with E-state index in [-0.39, 0.29) is 24.5 Å². The Labute approximate surface area is 191 Å². The van der Waals surface area contributed by atoms with E-state index in [0.717, 1.165) is 57.7 Å². The largest absolute Gasteiger partial charge is 0.393 e. The molecule has 0 radical (unpaired) electrons. The third-order valence-electron chi connectivity index (χ3n) is 7.61. The number of nitrogens with two attached hydrogens (primary N) is 1. The smallest absolute Gasteiger partial charge is 0.142 e. The number of rotatable bonds is 9. The maximum atomic E-state index is 10.7. The highest BCUT2D eigenvalue weighted by molar-refractivity contribution is 5.01. The molecule has 9 N–H and O–H groups in total. The summed E-state index contributed by atoms with van der Waals surface area (Å²) in [6, 6.07) is 0.0168. The third-order valence-corrected chi connectivity index (χ3v) is 7.61. The van der Waals surface area contributed by atoms with Crippen LogP contribution in [0.25, 0.3) is 0 Å². The molecule has 0 aromatic heterocycles. The lowest BCUT2D eigenvalue weighted by molar-refractivity contribution is -0.106. The highest BCUT2D eigenvalue weighted by Gasteiger charge is 2.51. The molecule has 32 heavy (non-hydrogen) atoms. The maximum absolute atomic E-state index is 10.7. The first kappa shape index (κ1) is 24.7. The van der Waals surface area contributed by atoms with Gasteiger partial charge in [-0.1, -0.05) is 0 Å². The van der Waals surface area contributed by atoms with E-state index in [9.17, 15) is 15.3 Å². The molecular weight excluding hydrogens is 414 g/mol. The Morgan fingerprint density at radius 2 is 1.84 bits per heavy atom. The van der Waals surface area contributed by atoms with Gasteiger partial charge in [0, 0.05) is 26.3 Å². The summed E-state index contributed by atoms with van der Waals surface area (Å²) < 4.78 is 6.14. The van der Waals surface area contributed by atoms with Gasteiger partial charge in [-0.3, -0.25) is 16.0 Å². The quantitative estimate of drug-likeness (QED) is 0.166. The summed E-state index contributed by atoms with van der Waals surface area (Å²) in [7, 11) is 2.01. The first-order chi connectivity index (χ1) is 15.4. The normalized spacial score (nSPS) is 43.1. The van der Waals surface area contributed by atoms with E-state index in [0.29, 0.717) is 19.9 Å². The molecule has 4 aliphatic rings. The Morgan fingerprint density at radius 3 is 2.62 bits per heavy atom. The molecule has 1 aliphatic carbocycles. The zero-order valence-corrected chi connectivity index (χ0v) is 19.2. The zero-order chi connectivity index (χ0) is 22.7. The highest BCUT2D eigenvalue weighted by Crippen LogP contribution is 2.29. The molecule has 3 unspecified atom stereocenters. The number of fused-ring (bicyclic) bond motifs is 1. The summed E-state index contributed by atoms with van der Waals surface area (Å²) in [5.41, 5.74) is 6.14. The first-order valence-corrected chi connectivity index (χ1v) is 12.2. The molecule has 4 rings (SSSR count). The number of hydrogen-bond donors (Lipinski definition) is 8. The number of ether oxygens (including phenoxy) is 1. The van der Waals surface area contributed by atoms with Crippen LogP contribution in [0.2, 0.25) is 0 Å². The predicted molar refractivity (Wildman–Crippen MR) is 120 cm³/mol. The van der Waals surface area contributed by atoms with Gasteiger partial charge in [-0.25, -0.2) is 4.90 Å². The molecule has 3 heterocycles. The lowest BCUT2D eigenvalue weighted by atomic mass is 9.85. The molecule has 1 saturated carbocycles. The van der Waals surface area contributed by atoms with Crippen molar-refractivity contribution >= 4 is 0 Å². The van der Waals surface area contributed by atoms with E-state index >= 15 is 0 Å². The second-order valence-corrected chi connectivity index (χ2v) is 9.98. The Balaban J connectivity index is 1.16. The number of hydrogen-bond acceptors (Lipinski definition) is 11. The fraction of sp³-hybridized carbons (Fsp3) is 1.00. The number of aliphatic hydroxyl groups is 3. The van der Waals surface area contributed by atoms with Crippen molar-refractivity contribution in [2.24, 2.45) is 11.7 Å².